The maximum Gasteiger partial charge on any atom is 0.317 e. The molecule has 0 fully saturated rings. The zero-order valence-electron chi connectivity index (χ0n) is 5.78. The van der Waals surface area contributed by atoms with Crippen molar-refractivity contribution < 1.29 is 18.3 Å². The summed E-state index contributed by atoms with van der Waals surface area (Å²) >= 11 is 0. The first kappa shape index (κ1) is 10.1. The van der Waals surface area contributed by atoms with Crippen LogP contribution >= 0.6 is 0 Å². The van der Waals surface area contributed by atoms with Crippen LogP contribution in [0, 0.1) is 0 Å². The lowest BCUT2D eigenvalue weighted by atomic mass is 10.7. The van der Waals surface area contributed by atoms with Gasteiger partial charge >= 0.3 is 5.97 Å². The molecule has 0 radical (unpaired) electrons. The van der Waals surface area contributed by atoms with Gasteiger partial charge in [0.15, 0.2) is 9.84 Å². The molecule has 0 unspecified atom stereocenters. The second-order valence-corrected chi connectivity index (χ2v) is 3.74. The Morgan fingerprint density at radius 1 is 1.64 bits per heavy atom. The van der Waals surface area contributed by atoms with Crippen LogP contribution in [0.5, 0.6) is 0 Å². The van der Waals surface area contributed by atoms with Crippen molar-refractivity contribution in [2.75, 3.05) is 12.4 Å². The number of hydrogen-bond acceptors (Lipinski definition) is 4. The molecule has 0 aliphatic rings. The molecule has 5 nitrogen and oxygen atoms in total. The second-order valence-electron chi connectivity index (χ2n) is 1.79. The number of rotatable bonds is 5. The van der Waals surface area contributed by atoms with E-state index in [2.05, 4.69) is 11.9 Å². The Labute approximate surface area is 64.6 Å². The van der Waals surface area contributed by atoms with Crippen molar-refractivity contribution in [3.63, 3.8) is 0 Å². The summed E-state index contributed by atoms with van der Waals surface area (Å²) in [6, 6.07) is 0. The van der Waals surface area contributed by atoms with Crippen molar-refractivity contribution in [3.05, 3.63) is 12.0 Å². The lowest BCUT2D eigenvalue weighted by molar-refractivity contribution is -0.135. The van der Waals surface area contributed by atoms with Crippen molar-refractivity contribution >= 4 is 15.8 Å². The highest BCUT2D eigenvalue weighted by Crippen LogP contribution is 1.85. The molecule has 11 heavy (non-hydrogen) atoms. The maximum atomic E-state index is 10.6. The molecule has 6 heteroatoms. The molecule has 0 atom stereocenters. The highest BCUT2D eigenvalue weighted by molar-refractivity contribution is 7.94. The number of carbonyl (C=O) groups is 1. The Morgan fingerprint density at radius 2 is 2.18 bits per heavy atom. The number of sulfone groups is 1. The van der Waals surface area contributed by atoms with E-state index in [0.717, 1.165) is 5.41 Å². The van der Waals surface area contributed by atoms with Crippen LogP contribution in [0.3, 0.4) is 0 Å². The maximum absolute atomic E-state index is 10.6. The summed E-state index contributed by atoms with van der Waals surface area (Å²) in [6.07, 6.45) is 0. The largest absolute Gasteiger partial charge is 0.480 e. The number of hydrogen-bond donors (Lipinski definition) is 2. The lowest BCUT2D eigenvalue weighted by Crippen LogP contribution is -2.27. The Balaban J connectivity index is 3.72. The molecule has 0 heterocycles. The van der Waals surface area contributed by atoms with Gasteiger partial charge in [-0.3, -0.25) is 10.1 Å². The van der Waals surface area contributed by atoms with Gasteiger partial charge in [0.1, 0.15) is 5.88 Å². The van der Waals surface area contributed by atoms with Crippen LogP contribution in [0.2, 0.25) is 0 Å². The Hall–Kier alpha value is -0.880. The van der Waals surface area contributed by atoms with Gasteiger partial charge in [-0.2, -0.15) is 0 Å². The summed E-state index contributed by atoms with van der Waals surface area (Å²) in [4.78, 5) is 9.89. The minimum Gasteiger partial charge on any atom is -0.480 e. The fraction of sp³-hybridized carbons (Fsp3) is 0.400. The molecule has 0 aromatic heterocycles. The zero-order chi connectivity index (χ0) is 8.91. The summed E-state index contributed by atoms with van der Waals surface area (Å²) in [5, 5.41) is 11.1. The van der Waals surface area contributed by atoms with E-state index in [4.69, 9.17) is 5.11 Å². The standard InChI is InChI=1S/C5H9NO4S/c1-2-11(9,10)4-6-3-5(7)8/h2,6H,1,3-4H2,(H,7,8). The first-order valence-electron chi connectivity index (χ1n) is 2.75. The third kappa shape index (κ3) is 5.56. The minimum atomic E-state index is -3.33. The molecule has 0 rings (SSSR count). The summed E-state index contributed by atoms with van der Waals surface area (Å²) in [5.74, 6) is -1.48. The smallest absolute Gasteiger partial charge is 0.317 e. The van der Waals surface area contributed by atoms with E-state index in [-0.39, 0.29) is 12.4 Å². The van der Waals surface area contributed by atoms with Crippen LogP contribution in [0.15, 0.2) is 12.0 Å². The Bertz CT molecular complexity index is 243. The van der Waals surface area contributed by atoms with Gasteiger partial charge in [-0.15, -0.1) is 0 Å². The first-order valence-corrected chi connectivity index (χ1v) is 4.47. The molecular formula is C5H9NO4S. The summed E-state index contributed by atoms with van der Waals surface area (Å²) in [7, 11) is -3.33. The molecule has 0 aliphatic carbocycles. The van der Waals surface area contributed by atoms with Gasteiger partial charge in [-0.1, -0.05) is 6.58 Å². The summed E-state index contributed by atoms with van der Waals surface area (Å²) in [5.41, 5.74) is 0. The molecular weight excluding hydrogens is 170 g/mol. The van der Waals surface area contributed by atoms with Gasteiger partial charge in [0.05, 0.1) is 6.54 Å². The molecule has 64 valence electrons. The van der Waals surface area contributed by atoms with E-state index in [9.17, 15) is 13.2 Å². The van der Waals surface area contributed by atoms with Gasteiger partial charge in [0.25, 0.3) is 0 Å². The molecule has 0 aromatic rings. The highest BCUT2D eigenvalue weighted by atomic mass is 32.2. The van der Waals surface area contributed by atoms with Gasteiger partial charge in [-0.05, 0) is 0 Å². The number of carboxylic acid groups (broad SMARTS) is 1. The first-order chi connectivity index (χ1) is 4.98. The van der Waals surface area contributed by atoms with E-state index >= 15 is 0 Å². The van der Waals surface area contributed by atoms with Crippen molar-refractivity contribution in [2.24, 2.45) is 0 Å². The fourth-order valence-corrected chi connectivity index (χ4v) is 0.864. The monoisotopic (exact) mass is 179 g/mol. The molecule has 0 saturated heterocycles. The van der Waals surface area contributed by atoms with Crippen molar-refractivity contribution in [1.29, 1.82) is 0 Å². The van der Waals surface area contributed by atoms with Gasteiger partial charge < -0.3 is 5.11 Å². The fourth-order valence-electron chi connectivity index (χ4n) is 0.359. The van der Waals surface area contributed by atoms with E-state index in [1.807, 2.05) is 0 Å². The average molecular weight is 179 g/mol. The number of aliphatic carboxylic acids is 1. The molecule has 0 spiro atoms. The summed E-state index contributed by atoms with van der Waals surface area (Å²) in [6.45, 7) is 2.69. The molecule has 0 saturated carbocycles. The Morgan fingerprint density at radius 3 is 2.55 bits per heavy atom. The van der Waals surface area contributed by atoms with Crippen LogP contribution in [0.25, 0.3) is 0 Å². The number of nitrogens with one attached hydrogen (secondary N) is 1. The highest BCUT2D eigenvalue weighted by Gasteiger charge is 2.04. The minimum absolute atomic E-state index is 0.368. The second kappa shape index (κ2) is 4.09. The lowest BCUT2D eigenvalue weighted by Gasteiger charge is -1.97. The number of carboxylic acids is 1. The van der Waals surface area contributed by atoms with E-state index in [1.165, 1.54) is 0 Å². The normalized spacial score (nSPS) is 10.9. The van der Waals surface area contributed by atoms with Gasteiger partial charge in [0, 0.05) is 5.41 Å². The average Bonchev–Trinajstić information content (AvgIpc) is 1.87. The van der Waals surface area contributed by atoms with Crippen molar-refractivity contribution in [3.8, 4) is 0 Å². The topological polar surface area (TPSA) is 83.5 Å². The zero-order valence-corrected chi connectivity index (χ0v) is 6.60. The Kier molecular flexibility index (Phi) is 3.77. The van der Waals surface area contributed by atoms with E-state index < -0.39 is 15.8 Å². The molecule has 0 aromatic carbocycles. The predicted octanol–water partition coefficient (Wildman–Crippen LogP) is -0.824. The van der Waals surface area contributed by atoms with Crippen LogP contribution < -0.4 is 5.32 Å². The third-order valence-electron chi connectivity index (χ3n) is 0.833. The van der Waals surface area contributed by atoms with E-state index in [1.54, 1.807) is 0 Å². The molecule has 0 bridgehead atoms. The third-order valence-corrected chi connectivity index (χ3v) is 1.95. The van der Waals surface area contributed by atoms with Crippen molar-refractivity contribution in [1.82, 2.24) is 5.32 Å². The molecule has 0 aliphatic heterocycles. The quantitative estimate of drug-likeness (QED) is 0.576. The van der Waals surface area contributed by atoms with Gasteiger partial charge in [0.2, 0.25) is 0 Å². The van der Waals surface area contributed by atoms with Crippen LogP contribution in [0.1, 0.15) is 0 Å². The van der Waals surface area contributed by atoms with E-state index in [0.29, 0.717) is 0 Å². The van der Waals surface area contributed by atoms with Crippen LogP contribution in [-0.2, 0) is 14.6 Å². The van der Waals surface area contributed by atoms with Gasteiger partial charge in [-0.25, -0.2) is 8.42 Å². The van der Waals surface area contributed by atoms with Crippen molar-refractivity contribution in [2.45, 2.75) is 0 Å². The van der Waals surface area contributed by atoms with Crippen LogP contribution in [0.4, 0.5) is 0 Å². The molecule has 0 amide bonds. The summed E-state index contributed by atoms with van der Waals surface area (Å²) < 4.78 is 21.2. The SMILES string of the molecule is C=CS(=O)(=O)CNCC(=O)O. The molecule has 2 N–H and O–H groups in total. The van der Waals surface area contributed by atoms with Crippen LogP contribution in [-0.4, -0.2) is 31.9 Å². The predicted molar refractivity (Wildman–Crippen MR) is 39.6 cm³/mol.